The molecule has 0 aliphatic rings. The molecule has 0 fully saturated rings. The van der Waals surface area contributed by atoms with Crippen molar-refractivity contribution in [3.8, 4) is 11.4 Å². The number of amides is 1. The number of thioether (sulfide) groups is 1. The molecule has 9 nitrogen and oxygen atoms in total. The summed E-state index contributed by atoms with van der Waals surface area (Å²) in [6.45, 7) is 0. The van der Waals surface area contributed by atoms with Gasteiger partial charge in [0.2, 0.25) is 11.1 Å². The Hall–Kier alpha value is -3.18. The predicted molar refractivity (Wildman–Crippen MR) is 103 cm³/mol. The van der Waals surface area contributed by atoms with E-state index in [0.717, 1.165) is 22.5 Å². The lowest BCUT2D eigenvalue weighted by molar-refractivity contribution is -0.383. The SMILES string of the molecule is Nn1c(SCC(=O)Nc2ccc(Cl)cc2[N+](=O)[O-])nnc1-c1cccc(F)c1. The van der Waals surface area contributed by atoms with Gasteiger partial charge in [0.15, 0.2) is 5.82 Å². The molecule has 0 aliphatic heterocycles. The Bertz CT molecular complexity index is 1060. The van der Waals surface area contributed by atoms with Crippen molar-refractivity contribution in [2.24, 2.45) is 0 Å². The van der Waals surface area contributed by atoms with E-state index < -0.39 is 16.6 Å². The largest absolute Gasteiger partial charge is 0.335 e. The van der Waals surface area contributed by atoms with Crippen LogP contribution in [0.2, 0.25) is 5.02 Å². The molecule has 1 amide bonds. The number of benzene rings is 2. The Labute approximate surface area is 166 Å². The molecule has 2 aromatic carbocycles. The van der Waals surface area contributed by atoms with Crippen molar-refractivity contribution >= 4 is 40.6 Å². The first-order chi connectivity index (χ1) is 13.3. The molecule has 3 rings (SSSR count). The lowest BCUT2D eigenvalue weighted by Gasteiger charge is -2.06. The van der Waals surface area contributed by atoms with Crippen LogP contribution in [-0.2, 0) is 4.79 Å². The van der Waals surface area contributed by atoms with E-state index in [-0.39, 0.29) is 33.1 Å². The summed E-state index contributed by atoms with van der Waals surface area (Å²) in [6, 6.07) is 9.60. The number of nitrogens with two attached hydrogens (primary N) is 1. The molecule has 3 N–H and O–H groups in total. The zero-order chi connectivity index (χ0) is 20.3. The van der Waals surface area contributed by atoms with Gasteiger partial charge in [-0.1, -0.05) is 35.5 Å². The molecule has 0 atom stereocenters. The van der Waals surface area contributed by atoms with Gasteiger partial charge >= 0.3 is 0 Å². The normalized spacial score (nSPS) is 10.6. The first-order valence-electron chi connectivity index (χ1n) is 7.68. The zero-order valence-electron chi connectivity index (χ0n) is 14.0. The summed E-state index contributed by atoms with van der Waals surface area (Å²) in [7, 11) is 0. The highest BCUT2D eigenvalue weighted by atomic mass is 35.5. The van der Waals surface area contributed by atoms with Crippen molar-refractivity contribution in [2.75, 3.05) is 16.9 Å². The number of carbonyl (C=O) groups excluding carboxylic acids is 1. The Morgan fingerprint density at radius 1 is 1.32 bits per heavy atom. The molecule has 0 spiro atoms. The Kier molecular flexibility index (Phi) is 5.76. The second-order valence-corrected chi connectivity index (χ2v) is 6.82. The van der Waals surface area contributed by atoms with E-state index in [2.05, 4.69) is 15.5 Å². The van der Waals surface area contributed by atoms with Crippen molar-refractivity contribution in [3.05, 3.63) is 63.4 Å². The minimum Gasteiger partial charge on any atom is -0.335 e. The molecular weight excluding hydrogens is 411 g/mol. The number of hydrogen-bond donors (Lipinski definition) is 2. The van der Waals surface area contributed by atoms with E-state index in [9.17, 15) is 19.3 Å². The second-order valence-electron chi connectivity index (χ2n) is 5.44. The fraction of sp³-hybridized carbons (Fsp3) is 0.0625. The van der Waals surface area contributed by atoms with Crippen LogP contribution in [0.3, 0.4) is 0 Å². The van der Waals surface area contributed by atoms with Crippen LogP contribution in [0.4, 0.5) is 15.8 Å². The number of nitrogens with one attached hydrogen (secondary N) is 1. The van der Waals surface area contributed by atoms with Gasteiger partial charge in [0, 0.05) is 16.7 Å². The summed E-state index contributed by atoms with van der Waals surface area (Å²) in [5.74, 6) is 5.07. The number of hydrogen-bond acceptors (Lipinski definition) is 7. The summed E-state index contributed by atoms with van der Waals surface area (Å²) in [5, 5.41) is 21.7. The number of aromatic nitrogens is 3. The lowest BCUT2D eigenvalue weighted by atomic mass is 10.2. The molecule has 1 aromatic heterocycles. The molecule has 0 aliphatic carbocycles. The quantitative estimate of drug-likeness (QED) is 0.270. The fourth-order valence-electron chi connectivity index (χ4n) is 2.28. The fourth-order valence-corrected chi connectivity index (χ4v) is 3.10. The first kappa shape index (κ1) is 19.6. The van der Waals surface area contributed by atoms with E-state index in [1.54, 1.807) is 6.07 Å². The van der Waals surface area contributed by atoms with Gasteiger partial charge in [0.1, 0.15) is 11.5 Å². The van der Waals surface area contributed by atoms with E-state index in [4.69, 9.17) is 17.4 Å². The predicted octanol–water partition coefficient (Wildman–Crippen LogP) is 3.09. The number of nitro benzene ring substituents is 1. The van der Waals surface area contributed by atoms with Gasteiger partial charge < -0.3 is 11.2 Å². The highest BCUT2D eigenvalue weighted by Crippen LogP contribution is 2.28. The standard InChI is InChI=1S/C16H12ClFN6O3S/c17-10-4-5-12(13(7-10)24(26)27)20-14(25)8-28-16-22-21-15(23(16)19)9-2-1-3-11(18)6-9/h1-7H,8,19H2,(H,20,25). The number of nitrogens with zero attached hydrogens (tertiary/aromatic N) is 4. The Morgan fingerprint density at radius 3 is 2.82 bits per heavy atom. The van der Waals surface area contributed by atoms with Gasteiger partial charge in [0.05, 0.1) is 10.7 Å². The maximum atomic E-state index is 13.4. The first-order valence-corrected chi connectivity index (χ1v) is 9.04. The Morgan fingerprint density at radius 2 is 2.11 bits per heavy atom. The van der Waals surface area contributed by atoms with Gasteiger partial charge in [-0.25, -0.2) is 9.07 Å². The Balaban J connectivity index is 1.68. The van der Waals surface area contributed by atoms with Crippen LogP contribution in [-0.4, -0.2) is 31.5 Å². The molecule has 0 bridgehead atoms. The topological polar surface area (TPSA) is 129 Å². The summed E-state index contributed by atoms with van der Waals surface area (Å²) in [5.41, 5.74) is 0.138. The minimum atomic E-state index is -0.642. The number of rotatable bonds is 6. The third-order valence-corrected chi connectivity index (χ3v) is 4.69. The van der Waals surface area contributed by atoms with Gasteiger partial charge in [-0.05, 0) is 24.3 Å². The van der Waals surface area contributed by atoms with Crippen LogP contribution < -0.4 is 11.2 Å². The van der Waals surface area contributed by atoms with Crippen LogP contribution in [0, 0.1) is 15.9 Å². The highest BCUT2D eigenvalue weighted by molar-refractivity contribution is 7.99. The molecule has 144 valence electrons. The molecule has 0 saturated carbocycles. The molecule has 0 radical (unpaired) electrons. The maximum Gasteiger partial charge on any atom is 0.294 e. The molecule has 3 aromatic rings. The van der Waals surface area contributed by atoms with Crippen molar-refractivity contribution in [3.63, 3.8) is 0 Å². The van der Waals surface area contributed by atoms with E-state index in [1.165, 1.54) is 30.3 Å². The molecule has 0 saturated heterocycles. The number of carbonyl (C=O) groups is 1. The summed E-state index contributed by atoms with van der Waals surface area (Å²) < 4.78 is 14.5. The van der Waals surface area contributed by atoms with Gasteiger partial charge in [-0.3, -0.25) is 14.9 Å². The second kappa shape index (κ2) is 8.23. The average molecular weight is 423 g/mol. The van der Waals surface area contributed by atoms with Gasteiger partial charge in [-0.15, -0.1) is 10.2 Å². The van der Waals surface area contributed by atoms with E-state index >= 15 is 0 Å². The van der Waals surface area contributed by atoms with E-state index in [1.807, 2.05) is 0 Å². The number of halogens is 2. The molecular formula is C16H12ClFN6O3S. The van der Waals surface area contributed by atoms with Crippen LogP contribution in [0.15, 0.2) is 47.6 Å². The van der Waals surface area contributed by atoms with Gasteiger partial charge in [0.25, 0.3) is 5.69 Å². The van der Waals surface area contributed by atoms with Crippen LogP contribution >= 0.6 is 23.4 Å². The molecule has 28 heavy (non-hydrogen) atoms. The van der Waals surface area contributed by atoms with Crippen molar-refractivity contribution in [1.82, 2.24) is 14.9 Å². The third-order valence-electron chi connectivity index (χ3n) is 3.51. The lowest BCUT2D eigenvalue weighted by Crippen LogP contribution is -2.17. The zero-order valence-corrected chi connectivity index (χ0v) is 15.6. The summed E-state index contributed by atoms with van der Waals surface area (Å²) in [6.07, 6.45) is 0. The smallest absolute Gasteiger partial charge is 0.294 e. The number of nitro groups is 1. The van der Waals surface area contributed by atoms with Crippen molar-refractivity contribution < 1.29 is 14.1 Å². The van der Waals surface area contributed by atoms with E-state index in [0.29, 0.717) is 5.56 Å². The number of nitrogen functional groups attached to an aromatic ring is 1. The summed E-state index contributed by atoms with van der Waals surface area (Å²) in [4.78, 5) is 22.6. The number of anilines is 1. The highest BCUT2D eigenvalue weighted by Gasteiger charge is 2.18. The molecule has 12 heteroatoms. The van der Waals surface area contributed by atoms with Crippen molar-refractivity contribution in [2.45, 2.75) is 5.16 Å². The summed E-state index contributed by atoms with van der Waals surface area (Å²) >= 11 is 6.72. The van der Waals surface area contributed by atoms with Crippen LogP contribution in [0.1, 0.15) is 0 Å². The minimum absolute atomic E-state index is 0.0228. The third kappa shape index (κ3) is 4.38. The van der Waals surface area contributed by atoms with Crippen molar-refractivity contribution in [1.29, 1.82) is 0 Å². The monoisotopic (exact) mass is 422 g/mol. The van der Waals surface area contributed by atoms with Gasteiger partial charge in [-0.2, -0.15) is 0 Å². The van der Waals surface area contributed by atoms with Crippen LogP contribution in [0.25, 0.3) is 11.4 Å². The van der Waals surface area contributed by atoms with Crippen LogP contribution in [0.5, 0.6) is 0 Å². The molecule has 0 unspecified atom stereocenters. The maximum absolute atomic E-state index is 13.4. The molecule has 1 heterocycles. The average Bonchev–Trinajstić information content (AvgIpc) is 3.02.